The Morgan fingerprint density at radius 1 is 0.624 bits per heavy atom. The van der Waals surface area contributed by atoms with Gasteiger partial charge in [-0.15, -0.1) is 0 Å². The molecule has 18 nitrogen and oxygen atoms in total. The fraction of sp³-hybridized carbons (Fsp3) is 0.0545. The third-order valence-corrected chi connectivity index (χ3v) is 13.3. The number of anilines is 2. The topological polar surface area (TPSA) is 306 Å². The van der Waals surface area contributed by atoms with E-state index in [0.717, 1.165) is 41.1 Å². The molecule has 0 aliphatic heterocycles. The Bertz CT molecular complexity index is 3840. The Kier molecular flexibility index (Phi) is 27.8. The summed E-state index contributed by atoms with van der Waals surface area (Å²) in [5.74, 6) is -6.92. The van der Waals surface area contributed by atoms with Crippen molar-refractivity contribution in [2.75, 3.05) is 18.2 Å². The number of alkyl halides is 3. The van der Waals surface area contributed by atoms with Crippen LogP contribution in [0.25, 0.3) is 10.8 Å². The maximum atomic E-state index is 12.6. The molecule has 0 aliphatic rings. The normalized spacial score (nSPS) is 10.3. The zero-order chi connectivity index (χ0) is 62.9. The molecule has 7 N–H and O–H groups in total. The monoisotopic (exact) mass is 1340 g/mol. The number of fused-ring (bicyclic) bond motifs is 1. The molecular weight excluding hydrogens is 1310 g/mol. The number of aromatic carboxylic acids is 4. The Hall–Kier alpha value is -7.25. The smallest absolute Gasteiger partial charge is 0.545 e. The van der Waals surface area contributed by atoms with Crippen LogP contribution in [0.4, 0.5) is 30.2 Å². The van der Waals surface area contributed by atoms with E-state index in [1.165, 1.54) is 55.6 Å². The van der Waals surface area contributed by atoms with Gasteiger partial charge in [-0.2, -0.15) is 13.2 Å². The second kappa shape index (κ2) is 32.9. The number of hydrogen-bond donors (Lipinski definition) is 6. The van der Waals surface area contributed by atoms with Crippen molar-refractivity contribution in [3.05, 3.63) is 229 Å². The number of nitrogens with two attached hydrogens (primary N) is 1. The second-order valence-electron chi connectivity index (χ2n) is 16.1. The third kappa shape index (κ3) is 20.5. The molecule has 30 heteroatoms. The molecule has 0 heterocycles. The fourth-order valence-electron chi connectivity index (χ4n) is 6.76. The van der Waals surface area contributed by atoms with Crippen LogP contribution in [-0.4, -0.2) is 68.2 Å². The predicted molar refractivity (Wildman–Crippen MR) is 310 cm³/mol. The van der Waals surface area contributed by atoms with E-state index in [2.05, 4.69) is 5.32 Å². The average molecular weight is 1340 g/mol. The van der Waals surface area contributed by atoms with Gasteiger partial charge in [-0.25, -0.2) is 14.4 Å². The van der Waals surface area contributed by atoms with Crippen molar-refractivity contribution in [1.29, 1.82) is 0 Å². The summed E-state index contributed by atoms with van der Waals surface area (Å²) in [4.78, 5) is 76.0. The van der Waals surface area contributed by atoms with Crippen LogP contribution in [0.3, 0.4) is 0 Å². The molecular formula is C55H35Cl8F3N3NaO15. The van der Waals surface area contributed by atoms with Crippen molar-refractivity contribution in [1.82, 2.24) is 0 Å². The number of nitrogens with one attached hydrogen (secondary N) is 1. The van der Waals surface area contributed by atoms with Crippen LogP contribution >= 0.6 is 92.8 Å². The molecule has 8 rings (SSSR count). The number of ether oxygens (including phenoxy) is 2. The first-order valence-electron chi connectivity index (χ1n) is 22.6. The van der Waals surface area contributed by atoms with Gasteiger partial charge >= 0.3 is 59.6 Å². The number of nitrogens with zero attached hydrogens (tertiary/aromatic N) is 1. The summed E-state index contributed by atoms with van der Waals surface area (Å²) in [6.45, 7) is 0. The van der Waals surface area contributed by atoms with E-state index in [9.17, 15) is 62.3 Å². The molecule has 1 amide bonds. The van der Waals surface area contributed by atoms with Crippen LogP contribution in [-0.2, 0) is 17.4 Å². The number of amides is 1. The maximum Gasteiger partial charge on any atom is 1.00 e. The maximum absolute atomic E-state index is 12.6. The van der Waals surface area contributed by atoms with Crippen molar-refractivity contribution in [3.63, 3.8) is 0 Å². The summed E-state index contributed by atoms with van der Waals surface area (Å²) in [7, 11) is 1.34. The van der Waals surface area contributed by atoms with E-state index in [4.69, 9.17) is 123 Å². The first-order valence-corrected chi connectivity index (χ1v) is 25.6. The first kappa shape index (κ1) is 72.0. The van der Waals surface area contributed by atoms with Crippen molar-refractivity contribution in [2.24, 2.45) is 0 Å². The molecule has 0 saturated carbocycles. The van der Waals surface area contributed by atoms with E-state index < -0.39 is 63.7 Å². The molecule has 0 aliphatic carbocycles. The minimum absolute atomic E-state index is 0. The largest absolute Gasteiger partial charge is 1.00 e. The summed E-state index contributed by atoms with van der Waals surface area (Å²) < 4.78 is 47.7. The van der Waals surface area contributed by atoms with Gasteiger partial charge in [0, 0.05) is 32.7 Å². The Balaban J connectivity index is 0.000000286. The fourth-order valence-corrected chi connectivity index (χ4v) is 8.54. The van der Waals surface area contributed by atoms with Gasteiger partial charge in [-0.05, 0) is 90.3 Å². The molecule has 0 aromatic heterocycles. The van der Waals surface area contributed by atoms with Crippen LogP contribution in [0, 0.1) is 10.1 Å². The number of carbonyl (C=O) groups excluding carboxylic acids is 2. The zero-order valence-corrected chi connectivity index (χ0v) is 51.0. The molecule has 0 radical (unpaired) electrons. The second-order valence-corrected chi connectivity index (χ2v) is 19.3. The quantitative estimate of drug-likeness (QED) is 0.0218. The summed E-state index contributed by atoms with van der Waals surface area (Å²) in [6.07, 6.45) is -4.81. The summed E-state index contributed by atoms with van der Waals surface area (Å²) in [5.41, 5.74) is 4.06. The molecule has 0 fully saturated rings. The number of nitrogen functional groups attached to an aromatic ring is 1. The van der Waals surface area contributed by atoms with E-state index in [1.807, 2.05) is 36.4 Å². The number of hydrogen-bond acceptors (Lipinski definition) is 12. The van der Waals surface area contributed by atoms with Crippen molar-refractivity contribution in [2.45, 2.75) is 12.6 Å². The number of aliphatic carboxylic acids is 1. The van der Waals surface area contributed by atoms with Gasteiger partial charge in [0.2, 0.25) is 0 Å². The van der Waals surface area contributed by atoms with Gasteiger partial charge < -0.3 is 50.9 Å². The number of carboxylic acids is 5. The number of rotatable bonds is 12. The number of carboxylic acid groups (broad SMARTS) is 5. The Morgan fingerprint density at radius 3 is 1.75 bits per heavy atom. The van der Waals surface area contributed by atoms with Crippen molar-refractivity contribution >= 4 is 156 Å². The Morgan fingerprint density at radius 2 is 1.20 bits per heavy atom. The third-order valence-electron chi connectivity index (χ3n) is 10.6. The number of methoxy groups -OCH3 is 1. The summed E-state index contributed by atoms with van der Waals surface area (Å²) in [5, 5.41) is 62.6. The molecule has 0 atom stereocenters. The number of nitro benzene ring substituents is 1. The number of nitro groups is 1. The standard InChI is InChI=1S/C18H13NO3.C14H7ClF3NO5.C8H5Cl3O2.C8H6Cl2O3.C7H5Cl2NO2.Na/c20-17(14-9-3-4-10-15(14)18(21)22)19-16-11-5-7-12-6-1-2-8-13(12)16;15-10-5-7(14(16,17)18)1-4-12(10)24-8-2-3-11(19(22)23)9(6-8)13(20)21;9-5-1-2-6(10)8(11)4(5)3-7(12)13;1-13-7-5(10)3-2-4(9)6(7)8(11)12;8-3-1-4(7(11)12)6(9)5(10)2-3;/h1-11H,(H,19,20)(H,21,22);1-6H,(H,20,21);1-2H,3H2,(H,12,13);2-3H,1H3,(H,11,12);1-2H,10H2,(H,11,12);/q;;;;;+1/p-1. The molecule has 0 bridgehead atoms. The number of benzene rings is 8. The van der Waals surface area contributed by atoms with Crippen LogP contribution < -0.4 is 55.2 Å². The first-order chi connectivity index (χ1) is 39.4. The molecule has 0 unspecified atom stereocenters. The van der Waals surface area contributed by atoms with Gasteiger partial charge in [-0.3, -0.25) is 19.7 Å². The van der Waals surface area contributed by atoms with Gasteiger partial charge in [0.25, 0.3) is 11.6 Å². The number of halogens is 11. The van der Waals surface area contributed by atoms with E-state index in [1.54, 1.807) is 18.2 Å². The van der Waals surface area contributed by atoms with Gasteiger partial charge in [0.15, 0.2) is 5.75 Å². The van der Waals surface area contributed by atoms with Crippen molar-refractivity contribution < 1.29 is 111 Å². The number of carbonyl (C=O) groups is 6. The van der Waals surface area contributed by atoms with Crippen LogP contribution in [0.2, 0.25) is 40.2 Å². The molecule has 85 heavy (non-hydrogen) atoms. The van der Waals surface area contributed by atoms with Crippen LogP contribution in [0.5, 0.6) is 17.2 Å². The SMILES string of the molecule is COc1c(Cl)ccc(Cl)c1C(=O)O.Nc1cc(Cl)cc(C(=O)O)c1Cl.O=C(O)Cc1c(Cl)ccc(Cl)c1Cl.O=C(O)c1ccccc1C(=O)Nc1cccc2ccccc12.O=C([O-])c1cc(Oc2ccc(C(F)(F)F)cc2Cl)ccc1[N+](=O)[O-].[Na+]. The van der Waals surface area contributed by atoms with Gasteiger partial charge in [-0.1, -0.05) is 141 Å². The van der Waals surface area contributed by atoms with Crippen LogP contribution in [0.1, 0.15) is 62.9 Å². The van der Waals surface area contributed by atoms with Gasteiger partial charge in [0.1, 0.15) is 17.1 Å². The minimum atomic E-state index is -4.59. The molecule has 0 spiro atoms. The van der Waals surface area contributed by atoms with Crippen molar-refractivity contribution in [3.8, 4) is 17.2 Å². The van der Waals surface area contributed by atoms with E-state index in [0.29, 0.717) is 27.4 Å². The summed E-state index contributed by atoms with van der Waals surface area (Å²) >= 11 is 45.4. The minimum Gasteiger partial charge on any atom is -0.545 e. The predicted octanol–water partition coefficient (Wildman–Crippen LogP) is 12.5. The molecule has 0 saturated heterocycles. The Labute approximate surface area is 540 Å². The van der Waals surface area contributed by atoms with E-state index >= 15 is 0 Å². The molecule has 8 aromatic rings. The van der Waals surface area contributed by atoms with Gasteiger partial charge in [0.05, 0.1) is 88.1 Å². The zero-order valence-electron chi connectivity index (χ0n) is 42.9. The molecule has 8 aromatic carbocycles. The molecule has 438 valence electrons. The van der Waals surface area contributed by atoms with E-state index in [-0.39, 0.29) is 111 Å². The van der Waals surface area contributed by atoms with Crippen LogP contribution in [0.15, 0.2) is 140 Å². The summed E-state index contributed by atoms with van der Waals surface area (Å²) in [6, 6.07) is 33.1. The average Bonchev–Trinajstić information content (AvgIpc) is 3.16.